The maximum absolute atomic E-state index is 14.7. The van der Waals surface area contributed by atoms with Crippen LogP contribution >= 0.6 is 0 Å². The number of halogens is 1. The third-order valence-corrected chi connectivity index (χ3v) is 5.46. The second-order valence-corrected chi connectivity index (χ2v) is 7.87. The van der Waals surface area contributed by atoms with Gasteiger partial charge in [-0.15, -0.1) is 0 Å². The molecule has 2 aromatic carbocycles. The molecule has 0 heterocycles. The molecule has 0 N–H and O–H groups in total. The number of aryl methyl sites for hydroxylation is 1. The Morgan fingerprint density at radius 2 is 1.85 bits per heavy atom. The van der Waals surface area contributed by atoms with Gasteiger partial charge in [0, 0.05) is 5.56 Å². The minimum atomic E-state index is -0.204. The second-order valence-electron chi connectivity index (χ2n) is 7.87. The first-order valence-electron chi connectivity index (χ1n) is 9.64. The van der Waals surface area contributed by atoms with Crippen LogP contribution in [0.15, 0.2) is 42.5 Å². The van der Waals surface area contributed by atoms with E-state index < -0.39 is 0 Å². The quantitative estimate of drug-likeness (QED) is 0.560. The van der Waals surface area contributed by atoms with Crippen molar-refractivity contribution in [2.45, 2.75) is 52.9 Å². The first kappa shape index (κ1) is 18.7. The van der Waals surface area contributed by atoms with Crippen molar-refractivity contribution in [2.75, 3.05) is 7.11 Å². The Balaban J connectivity index is 2.21. The van der Waals surface area contributed by atoms with Crippen molar-refractivity contribution in [2.24, 2.45) is 5.41 Å². The Hall–Kier alpha value is -2.09. The summed E-state index contributed by atoms with van der Waals surface area (Å²) < 4.78 is 20.0. The summed E-state index contributed by atoms with van der Waals surface area (Å²) in [5.41, 5.74) is 5.52. The van der Waals surface area contributed by atoms with Crippen molar-refractivity contribution in [1.29, 1.82) is 0 Å². The third-order valence-electron chi connectivity index (χ3n) is 5.46. The summed E-state index contributed by atoms with van der Waals surface area (Å²) >= 11 is 0. The van der Waals surface area contributed by atoms with Crippen LogP contribution in [0.5, 0.6) is 5.75 Å². The van der Waals surface area contributed by atoms with E-state index in [9.17, 15) is 4.39 Å². The molecule has 0 saturated heterocycles. The molecule has 0 radical (unpaired) electrons. The number of hydrogen-bond acceptors (Lipinski definition) is 1. The molecule has 0 bridgehead atoms. The molecule has 2 aromatic rings. The van der Waals surface area contributed by atoms with Crippen molar-refractivity contribution >= 4 is 5.57 Å². The molecule has 3 rings (SSSR count). The summed E-state index contributed by atoms with van der Waals surface area (Å²) in [6, 6.07) is 11.5. The molecule has 0 fully saturated rings. The molecule has 0 saturated carbocycles. The van der Waals surface area contributed by atoms with E-state index in [4.69, 9.17) is 4.74 Å². The van der Waals surface area contributed by atoms with E-state index >= 15 is 0 Å². The minimum absolute atomic E-state index is 0.104. The van der Waals surface area contributed by atoms with Crippen molar-refractivity contribution in [3.05, 3.63) is 59.4 Å². The highest BCUT2D eigenvalue weighted by atomic mass is 19.1. The molecule has 1 aliphatic rings. The van der Waals surface area contributed by atoms with Crippen LogP contribution in [0.3, 0.4) is 0 Å². The normalized spacial score (nSPS) is 16.3. The zero-order chi connectivity index (χ0) is 18.7. The first-order chi connectivity index (χ1) is 12.5. The van der Waals surface area contributed by atoms with Crippen molar-refractivity contribution < 1.29 is 9.13 Å². The molecule has 0 spiro atoms. The van der Waals surface area contributed by atoms with Crippen LogP contribution in [0.25, 0.3) is 16.7 Å². The number of rotatable bonds is 5. The van der Waals surface area contributed by atoms with Gasteiger partial charge in [-0.25, -0.2) is 4.39 Å². The molecular formula is C24H29FO. The molecule has 138 valence electrons. The SMILES string of the molecule is CCCc1ccc(-c2cc(OC)ccc2F)c(C2=CCCCC2(C)C)c1. The Morgan fingerprint density at radius 3 is 2.54 bits per heavy atom. The van der Waals surface area contributed by atoms with Crippen LogP contribution in [-0.4, -0.2) is 7.11 Å². The molecular weight excluding hydrogens is 323 g/mol. The van der Waals surface area contributed by atoms with Gasteiger partial charge in [0.2, 0.25) is 0 Å². The molecule has 1 aliphatic carbocycles. The lowest BCUT2D eigenvalue weighted by molar-refractivity contribution is 0.414. The van der Waals surface area contributed by atoms with E-state index in [-0.39, 0.29) is 11.2 Å². The lowest BCUT2D eigenvalue weighted by Crippen LogP contribution is -2.17. The average Bonchev–Trinajstić information content (AvgIpc) is 2.62. The molecule has 2 heteroatoms. The van der Waals surface area contributed by atoms with Crippen LogP contribution in [-0.2, 0) is 6.42 Å². The van der Waals surface area contributed by atoms with E-state index in [1.165, 1.54) is 29.2 Å². The molecule has 0 amide bonds. The number of allylic oxidation sites excluding steroid dienone is 2. The monoisotopic (exact) mass is 352 g/mol. The number of methoxy groups -OCH3 is 1. The predicted octanol–water partition coefficient (Wildman–Crippen LogP) is 7.05. The summed E-state index contributed by atoms with van der Waals surface area (Å²) in [5.74, 6) is 0.478. The maximum atomic E-state index is 14.7. The van der Waals surface area contributed by atoms with Crippen molar-refractivity contribution in [3.8, 4) is 16.9 Å². The predicted molar refractivity (Wildman–Crippen MR) is 108 cm³/mol. The second kappa shape index (κ2) is 7.65. The van der Waals surface area contributed by atoms with E-state index in [1.54, 1.807) is 13.2 Å². The Labute approximate surface area is 156 Å². The first-order valence-corrected chi connectivity index (χ1v) is 9.64. The molecule has 0 unspecified atom stereocenters. The number of ether oxygens (including phenoxy) is 1. The standard InChI is InChI=1S/C24H29FO/c1-5-8-17-10-12-19(21-16-18(26-4)11-13-23(21)25)20(15-17)22-9-6-7-14-24(22,2)3/h9-13,15-16H,5-8,14H2,1-4H3. The van der Waals surface area contributed by atoms with Crippen molar-refractivity contribution in [3.63, 3.8) is 0 Å². The molecule has 26 heavy (non-hydrogen) atoms. The van der Waals surface area contributed by atoms with Crippen LogP contribution < -0.4 is 4.74 Å². The molecule has 1 nitrogen and oxygen atoms in total. The van der Waals surface area contributed by atoms with Gasteiger partial charge in [0.1, 0.15) is 11.6 Å². The van der Waals surface area contributed by atoms with Gasteiger partial charge >= 0.3 is 0 Å². The fourth-order valence-electron chi connectivity index (χ4n) is 4.01. The van der Waals surface area contributed by atoms with Gasteiger partial charge in [0.05, 0.1) is 7.11 Å². The van der Waals surface area contributed by atoms with E-state index in [1.807, 2.05) is 6.07 Å². The van der Waals surface area contributed by atoms with Gasteiger partial charge in [-0.1, -0.05) is 51.5 Å². The van der Waals surface area contributed by atoms with Gasteiger partial charge in [-0.2, -0.15) is 0 Å². The minimum Gasteiger partial charge on any atom is -0.497 e. The fraction of sp³-hybridized carbons (Fsp3) is 0.417. The van der Waals surface area contributed by atoms with Gasteiger partial charge in [-0.05, 0) is 71.6 Å². The Morgan fingerprint density at radius 1 is 1.04 bits per heavy atom. The van der Waals surface area contributed by atoms with Gasteiger partial charge in [0.25, 0.3) is 0 Å². The number of benzene rings is 2. The number of hydrogen-bond donors (Lipinski definition) is 0. The third kappa shape index (κ3) is 3.70. The molecule has 0 aromatic heterocycles. The zero-order valence-corrected chi connectivity index (χ0v) is 16.4. The van der Waals surface area contributed by atoms with Gasteiger partial charge < -0.3 is 4.74 Å². The Bertz CT molecular complexity index is 817. The van der Waals surface area contributed by atoms with Crippen LogP contribution in [0.4, 0.5) is 4.39 Å². The van der Waals surface area contributed by atoms with Gasteiger partial charge in [-0.3, -0.25) is 0 Å². The van der Waals surface area contributed by atoms with Crippen LogP contribution in [0.2, 0.25) is 0 Å². The summed E-state index contributed by atoms with van der Waals surface area (Å²) in [7, 11) is 1.62. The molecule has 0 atom stereocenters. The van der Waals surface area contributed by atoms with E-state index in [0.29, 0.717) is 11.3 Å². The summed E-state index contributed by atoms with van der Waals surface area (Å²) in [5, 5.41) is 0. The van der Waals surface area contributed by atoms with Crippen molar-refractivity contribution in [1.82, 2.24) is 0 Å². The lowest BCUT2D eigenvalue weighted by Gasteiger charge is -2.33. The maximum Gasteiger partial charge on any atom is 0.131 e. The summed E-state index contributed by atoms with van der Waals surface area (Å²) in [6.45, 7) is 6.80. The van der Waals surface area contributed by atoms with Crippen LogP contribution in [0.1, 0.15) is 57.6 Å². The smallest absolute Gasteiger partial charge is 0.131 e. The highest BCUT2D eigenvalue weighted by molar-refractivity contribution is 5.84. The Kier molecular flexibility index (Phi) is 5.50. The highest BCUT2D eigenvalue weighted by Crippen LogP contribution is 2.46. The summed E-state index contributed by atoms with van der Waals surface area (Å²) in [4.78, 5) is 0. The van der Waals surface area contributed by atoms with E-state index in [0.717, 1.165) is 31.2 Å². The largest absolute Gasteiger partial charge is 0.497 e. The summed E-state index contributed by atoms with van der Waals surface area (Å²) in [6.07, 6.45) is 7.98. The highest BCUT2D eigenvalue weighted by Gasteiger charge is 2.29. The zero-order valence-electron chi connectivity index (χ0n) is 16.4. The van der Waals surface area contributed by atoms with E-state index in [2.05, 4.69) is 45.0 Å². The van der Waals surface area contributed by atoms with Crippen LogP contribution in [0, 0.1) is 11.2 Å². The average molecular weight is 352 g/mol. The lowest BCUT2D eigenvalue weighted by atomic mass is 9.71. The topological polar surface area (TPSA) is 9.23 Å². The molecule has 0 aliphatic heterocycles. The van der Waals surface area contributed by atoms with Gasteiger partial charge in [0.15, 0.2) is 0 Å². The fourth-order valence-corrected chi connectivity index (χ4v) is 4.01.